The highest BCUT2D eigenvalue weighted by atomic mass is 79.9. The molecule has 100 valence electrons. The highest BCUT2D eigenvalue weighted by molar-refractivity contribution is 9.10. The maximum atomic E-state index is 9.80. The van der Waals surface area contributed by atoms with Gasteiger partial charge in [-0.1, -0.05) is 0 Å². The zero-order valence-electron chi connectivity index (χ0n) is 11.2. The van der Waals surface area contributed by atoms with E-state index in [0.717, 1.165) is 18.7 Å². The van der Waals surface area contributed by atoms with Crippen molar-refractivity contribution in [3.8, 4) is 11.5 Å². The van der Waals surface area contributed by atoms with Crippen molar-refractivity contribution < 1.29 is 9.84 Å². The van der Waals surface area contributed by atoms with E-state index in [1.165, 1.54) is 12.8 Å². The van der Waals surface area contributed by atoms with Crippen molar-refractivity contribution in [1.82, 2.24) is 4.90 Å². The lowest BCUT2D eigenvalue weighted by molar-refractivity contribution is 0.166. The number of nitrogens with zero attached hydrogens (tertiary/aromatic N) is 1. The van der Waals surface area contributed by atoms with Crippen LogP contribution in [0, 0.1) is 0 Å². The normalized spacial score (nSPS) is 19.1. The van der Waals surface area contributed by atoms with Gasteiger partial charge < -0.3 is 9.84 Å². The van der Waals surface area contributed by atoms with E-state index in [0.29, 0.717) is 10.2 Å². The van der Waals surface area contributed by atoms with Gasteiger partial charge in [-0.2, -0.15) is 0 Å². The molecule has 0 aliphatic carbocycles. The SMILES string of the molecule is COc1cc(CN2CCCC2(C)C)cc(Br)c1O. The molecule has 1 aromatic carbocycles. The summed E-state index contributed by atoms with van der Waals surface area (Å²) in [6.07, 6.45) is 2.49. The molecule has 1 saturated heterocycles. The van der Waals surface area contributed by atoms with Crippen molar-refractivity contribution in [2.45, 2.75) is 38.8 Å². The Morgan fingerprint density at radius 2 is 2.17 bits per heavy atom. The number of phenolic OH excluding ortho intramolecular Hbond substituents is 1. The van der Waals surface area contributed by atoms with Crippen LogP contribution in [0.5, 0.6) is 11.5 Å². The van der Waals surface area contributed by atoms with Gasteiger partial charge in [-0.3, -0.25) is 4.90 Å². The molecule has 1 aromatic rings. The van der Waals surface area contributed by atoms with Gasteiger partial charge in [0.05, 0.1) is 11.6 Å². The molecule has 1 N–H and O–H groups in total. The number of rotatable bonds is 3. The average molecular weight is 314 g/mol. The second-order valence-corrected chi connectivity index (χ2v) is 6.32. The fourth-order valence-electron chi connectivity index (χ4n) is 2.55. The van der Waals surface area contributed by atoms with Crippen LogP contribution in [0.2, 0.25) is 0 Å². The second-order valence-electron chi connectivity index (χ2n) is 5.47. The van der Waals surface area contributed by atoms with Crippen molar-refractivity contribution in [3.63, 3.8) is 0 Å². The Labute approximate surface area is 117 Å². The third-order valence-electron chi connectivity index (χ3n) is 3.75. The molecule has 0 saturated carbocycles. The number of phenols is 1. The summed E-state index contributed by atoms with van der Waals surface area (Å²) in [7, 11) is 1.57. The third-order valence-corrected chi connectivity index (χ3v) is 4.36. The van der Waals surface area contributed by atoms with Crippen LogP contribution in [0.15, 0.2) is 16.6 Å². The first-order valence-electron chi connectivity index (χ1n) is 6.24. The van der Waals surface area contributed by atoms with E-state index in [2.05, 4.69) is 34.7 Å². The van der Waals surface area contributed by atoms with Crippen molar-refractivity contribution in [1.29, 1.82) is 0 Å². The Balaban J connectivity index is 2.22. The van der Waals surface area contributed by atoms with Crippen LogP contribution in [-0.2, 0) is 6.54 Å². The number of hydrogen-bond acceptors (Lipinski definition) is 3. The summed E-state index contributed by atoms with van der Waals surface area (Å²) in [6, 6.07) is 3.88. The molecule has 1 aliphatic rings. The van der Waals surface area contributed by atoms with Crippen LogP contribution in [0.4, 0.5) is 0 Å². The van der Waals surface area contributed by atoms with E-state index in [4.69, 9.17) is 4.74 Å². The maximum absolute atomic E-state index is 9.80. The number of hydrogen-bond donors (Lipinski definition) is 1. The number of likely N-dealkylation sites (tertiary alicyclic amines) is 1. The quantitative estimate of drug-likeness (QED) is 0.926. The van der Waals surface area contributed by atoms with Gasteiger partial charge in [-0.05, 0) is 66.9 Å². The summed E-state index contributed by atoms with van der Waals surface area (Å²) >= 11 is 3.37. The fraction of sp³-hybridized carbons (Fsp3) is 0.571. The van der Waals surface area contributed by atoms with Gasteiger partial charge in [-0.15, -0.1) is 0 Å². The lowest BCUT2D eigenvalue weighted by Crippen LogP contribution is -2.37. The lowest BCUT2D eigenvalue weighted by Gasteiger charge is -2.31. The van der Waals surface area contributed by atoms with Gasteiger partial charge in [0.25, 0.3) is 0 Å². The van der Waals surface area contributed by atoms with Crippen LogP contribution in [0.25, 0.3) is 0 Å². The number of ether oxygens (including phenoxy) is 1. The van der Waals surface area contributed by atoms with Crippen molar-refractivity contribution in [3.05, 3.63) is 22.2 Å². The van der Waals surface area contributed by atoms with Crippen LogP contribution >= 0.6 is 15.9 Å². The summed E-state index contributed by atoms with van der Waals surface area (Å²) in [4.78, 5) is 2.48. The van der Waals surface area contributed by atoms with E-state index in [9.17, 15) is 5.11 Å². The Hall–Kier alpha value is -0.740. The Kier molecular flexibility index (Phi) is 3.87. The smallest absolute Gasteiger partial charge is 0.172 e. The van der Waals surface area contributed by atoms with Crippen LogP contribution < -0.4 is 4.74 Å². The number of halogens is 1. The van der Waals surface area contributed by atoms with Crippen LogP contribution in [0.1, 0.15) is 32.3 Å². The highest BCUT2D eigenvalue weighted by Gasteiger charge is 2.31. The molecule has 4 heteroatoms. The minimum absolute atomic E-state index is 0.168. The largest absolute Gasteiger partial charge is 0.503 e. The Bertz CT molecular complexity index is 446. The summed E-state index contributed by atoms with van der Waals surface area (Å²) in [5.41, 5.74) is 1.42. The van der Waals surface area contributed by atoms with Crippen LogP contribution in [0.3, 0.4) is 0 Å². The third kappa shape index (κ3) is 2.64. The van der Waals surface area contributed by atoms with Crippen molar-refractivity contribution in [2.75, 3.05) is 13.7 Å². The first-order chi connectivity index (χ1) is 8.44. The fourth-order valence-corrected chi connectivity index (χ4v) is 3.04. The summed E-state index contributed by atoms with van der Waals surface area (Å²) in [5.74, 6) is 0.693. The summed E-state index contributed by atoms with van der Waals surface area (Å²) in [5, 5.41) is 9.80. The zero-order valence-corrected chi connectivity index (χ0v) is 12.7. The number of benzene rings is 1. The van der Waals surface area contributed by atoms with E-state index in [-0.39, 0.29) is 11.3 Å². The molecule has 18 heavy (non-hydrogen) atoms. The molecule has 2 rings (SSSR count). The molecule has 3 nitrogen and oxygen atoms in total. The van der Waals surface area contributed by atoms with E-state index < -0.39 is 0 Å². The molecule has 0 bridgehead atoms. The zero-order chi connectivity index (χ0) is 13.3. The Morgan fingerprint density at radius 1 is 1.44 bits per heavy atom. The van der Waals surface area contributed by atoms with Crippen molar-refractivity contribution in [2.24, 2.45) is 0 Å². The molecular weight excluding hydrogens is 294 g/mol. The Morgan fingerprint density at radius 3 is 2.72 bits per heavy atom. The van der Waals surface area contributed by atoms with Gasteiger partial charge in [0.1, 0.15) is 0 Å². The molecule has 0 atom stereocenters. The monoisotopic (exact) mass is 313 g/mol. The molecule has 0 radical (unpaired) electrons. The molecule has 0 amide bonds. The van der Waals surface area contributed by atoms with Crippen LogP contribution in [-0.4, -0.2) is 29.2 Å². The molecule has 1 fully saturated rings. The van der Waals surface area contributed by atoms with E-state index in [1.54, 1.807) is 7.11 Å². The van der Waals surface area contributed by atoms with Crippen molar-refractivity contribution >= 4 is 15.9 Å². The van der Waals surface area contributed by atoms with Gasteiger partial charge >= 0.3 is 0 Å². The maximum Gasteiger partial charge on any atom is 0.172 e. The highest BCUT2D eigenvalue weighted by Crippen LogP contribution is 2.37. The van der Waals surface area contributed by atoms with E-state index >= 15 is 0 Å². The van der Waals surface area contributed by atoms with Gasteiger partial charge in [0.2, 0.25) is 0 Å². The molecule has 0 aromatic heterocycles. The predicted octanol–water partition coefficient (Wildman–Crippen LogP) is 3.54. The van der Waals surface area contributed by atoms with E-state index in [1.807, 2.05) is 12.1 Å². The second kappa shape index (κ2) is 5.10. The standard InChI is InChI=1S/C14H20BrNO2/c1-14(2)5-4-6-16(14)9-10-7-11(15)13(17)12(8-10)18-3/h7-8,17H,4-6,9H2,1-3H3. The molecule has 0 spiro atoms. The summed E-state index contributed by atoms with van der Waals surface area (Å²) in [6.45, 7) is 6.59. The molecule has 0 unspecified atom stereocenters. The summed E-state index contributed by atoms with van der Waals surface area (Å²) < 4.78 is 5.87. The molecule has 1 aliphatic heterocycles. The van der Waals surface area contributed by atoms with Gasteiger partial charge in [-0.25, -0.2) is 0 Å². The molecular formula is C14H20BrNO2. The predicted molar refractivity (Wildman–Crippen MR) is 76.1 cm³/mol. The average Bonchev–Trinajstić information content (AvgIpc) is 2.63. The number of methoxy groups -OCH3 is 1. The first kappa shape index (κ1) is 13.7. The minimum atomic E-state index is 0.168. The lowest BCUT2D eigenvalue weighted by atomic mass is 10.0. The molecule has 1 heterocycles. The minimum Gasteiger partial charge on any atom is -0.503 e. The number of aromatic hydroxyl groups is 1. The first-order valence-corrected chi connectivity index (χ1v) is 7.04. The van der Waals surface area contributed by atoms with Gasteiger partial charge in [0.15, 0.2) is 11.5 Å². The van der Waals surface area contributed by atoms with Gasteiger partial charge in [0, 0.05) is 12.1 Å². The topological polar surface area (TPSA) is 32.7 Å².